The van der Waals surface area contributed by atoms with Crippen LogP contribution in [0.4, 0.5) is 5.69 Å². The average Bonchev–Trinajstić information content (AvgIpc) is 3.05. The van der Waals surface area contributed by atoms with Crippen molar-refractivity contribution < 1.29 is 13.9 Å². The lowest BCUT2D eigenvalue weighted by atomic mass is 10.3. The summed E-state index contributed by atoms with van der Waals surface area (Å²) in [6.07, 6.45) is 1.61. The van der Waals surface area contributed by atoms with Gasteiger partial charge >= 0.3 is 0 Å². The molecule has 21 heavy (non-hydrogen) atoms. The molecule has 3 aromatic rings. The van der Waals surface area contributed by atoms with Crippen molar-refractivity contribution in [2.75, 3.05) is 11.9 Å². The smallest absolute Gasteiger partial charge is 0.272 e. The van der Waals surface area contributed by atoms with Crippen molar-refractivity contribution in [3.63, 3.8) is 0 Å². The molecular weight excluding hydrogens is 268 g/mol. The minimum absolute atomic E-state index is 0.173. The highest BCUT2D eigenvalue weighted by Gasteiger charge is 2.15. The van der Waals surface area contributed by atoms with Gasteiger partial charge < -0.3 is 19.0 Å². The van der Waals surface area contributed by atoms with E-state index in [-0.39, 0.29) is 5.91 Å². The van der Waals surface area contributed by atoms with Crippen molar-refractivity contribution in [2.24, 2.45) is 7.05 Å². The van der Waals surface area contributed by atoms with Crippen molar-refractivity contribution in [3.05, 3.63) is 48.4 Å². The third-order valence-corrected chi connectivity index (χ3v) is 3.32. The van der Waals surface area contributed by atoms with Gasteiger partial charge in [0.15, 0.2) is 5.58 Å². The van der Waals surface area contributed by atoms with Crippen LogP contribution in [0.5, 0.6) is 5.75 Å². The Hall–Kier alpha value is -2.69. The van der Waals surface area contributed by atoms with E-state index in [0.29, 0.717) is 17.9 Å². The fourth-order valence-corrected chi connectivity index (χ4v) is 2.26. The molecule has 108 valence electrons. The maximum atomic E-state index is 12.3. The number of hydrogen-bond donors (Lipinski definition) is 1. The van der Waals surface area contributed by atoms with Gasteiger partial charge in [0.25, 0.3) is 5.91 Å². The lowest BCUT2D eigenvalue weighted by Crippen LogP contribution is -2.15. The molecule has 5 heteroatoms. The second-order valence-corrected chi connectivity index (χ2v) is 4.67. The highest BCUT2D eigenvalue weighted by atomic mass is 16.5. The van der Waals surface area contributed by atoms with Gasteiger partial charge in [-0.2, -0.15) is 0 Å². The number of anilines is 1. The lowest BCUT2D eigenvalue weighted by Gasteiger charge is -2.07. The Balaban J connectivity index is 1.79. The fourth-order valence-electron chi connectivity index (χ4n) is 2.26. The summed E-state index contributed by atoms with van der Waals surface area (Å²) in [6.45, 7) is 2.55. The largest absolute Gasteiger partial charge is 0.494 e. The number of benzene rings is 1. The van der Waals surface area contributed by atoms with E-state index in [1.165, 1.54) is 0 Å². The molecule has 2 aromatic heterocycles. The fraction of sp³-hybridized carbons (Fsp3) is 0.188. The van der Waals surface area contributed by atoms with Crippen molar-refractivity contribution in [1.82, 2.24) is 4.57 Å². The quantitative estimate of drug-likeness (QED) is 0.798. The Morgan fingerprint density at radius 2 is 2.05 bits per heavy atom. The van der Waals surface area contributed by atoms with E-state index in [9.17, 15) is 4.79 Å². The van der Waals surface area contributed by atoms with Gasteiger partial charge in [0.1, 0.15) is 11.4 Å². The van der Waals surface area contributed by atoms with Crippen molar-refractivity contribution >= 4 is 22.7 Å². The van der Waals surface area contributed by atoms with Gasteiger partial charge in [-0.05, 0) is 31.2 Å². The van der Waals surface area contributed by atoms with E-state index in [2.05, 4.69) is 5.32 Å². The monoisotopic (exact) mass is 284 g/mol. The number of hydrogen-bond acceptors (Lipinski definition) is 3. The van der Waals surface area contributed by atoms with Gasteiger partial charge in [-0.3, -0.25) is 4.79 Å². The van der Waals surface area contributed by atoms with Gasteiger partial charge in [-0.25, -0.2) is 0 Å². The number of rotatable bonds is 4. The van der Waals surface area contributed by atoms with Gasteiger partial charge in [0.2, 0.25) is 0 Å². The van der Waals surface area contributed by atoms with Crippen LogP contribution in [0, 0.1) is 0 Å². The number of carbonyl (C=O) groups excluding carboxylic acids is 1. The van der Waals surface area contributed by atoms with Crippen LogP contribution >= 0.6 is 0 Å². The molecule has 0 bridgehead atoms. The first kappa shape index (κ1) is 13.3. The Kier molecular flexibility index (Phi) is 3.39. The third-order valence-electron chi connectivity index (χ3n) is 3.32. The minimum atomic E-state index is -0.173. The van der Waals surface area contributed by atoms with Gasteiger partial charge in [-0.1, -0.05) is 0 Å². The molecule has 0 fully saturated rings. The number of furan rings is 1. The number of carbonyl (C=O) groups is 1. The highest BCUT2D eigenvalue weighted by Crippen LogP contribution is 2.21. The van der Waals surface area contributed by atoms with Crippen LogP contribution in [0.25, 0.3) is 11.1 Å². The highest BCUT2D eigenvalue weighted by molar-refractivity contribution is 6.05. The maximum Gasteiger partial charge on any atom is 0.272 e. The van der Waals surface area contributed by atoms with E-state index in [0.717, 1.165) is 17.0 Å². The number of aryl methyl sites for hydroxylation is 1. The molecule has 0 aliphatic rings. The summed E-state index contributed by atoms with van der Waals surface area (Å²) in [7, 11) is 1.84. The molecule has 0 unspecified atom stereocenters. The zero-order valence-electron chi connectivity index (χ0n) is 11.9. The lowest BCUT2D eigenvalue weighted by molar-refractivity contribution is 0.101. The minimum Gasteiger partial charge on any atom is -0.494 e. The predicted octanol–water partition coefficient (Wildman–Crippen LogP) is 3.42. The van der Waals surface area contributed by atoms with E-state index in [1.54, 1.807) is 12.3 Å². The number of aromatic nitrogens is 1. The first-order chi connectivity index (χ1) is 10.2. The second-order valence-electron chi connectivity index (χ2n) is 4.67. The molecule has 0 atom stereocenters. The van der Waals surface area contributed by atoms with Crippen molar-refractivity contribution in [1.29, 1.82) is 0 Å². The van der Waals surface area contributed by atoms with Crippen LogP contribution in [-0.2, 0) is 7.05 Å². The first-order valence-electron chi connectivity index (χ1n) is 6.76. The molecule has 2 heterocycles. The maximum absolute atomic E-state index is 12.3. The molecule has 0 saturated heterocycles. The topological polar surface area (TPSA) is 56.4 Å². The van der Waals surface area contributed by atoms with Gasteiger partial charge in [0, 0.05) is 24.9 Å². The predicted molar refractivity (Wildman–Crippen MR) is 80.7 cm³/mol. The van der Waals surface area contributed by atoms with Crippen LogP contribution < -0.4 is 10.1 Å². The van der Waals surface area contributed by atoms with E-state index in [1.807, 2.05) is 48.9 Å². The molecule has 1 amide bonds. The van der Waals surface area contributed by atoms with Crippen LogP contribution in [0.15, 0.2) is 47.1 Å². The zero-order valence-corrected chi connectivity index (χ0v) is 11.9. The van der Waals surface area contributed by atoms with Crippen LogP contribution in [0.1, 0.15) is 17.4 Å². The standard InChI is InChI=1S/C16H16N2O3/c1-3-20-12-6-4-11(5-7-12)17-16(19)14-10-15-13(18(14)2)8-9-21-15/h4-10H,3H2,1-2H3,(H,17,19). The molecular formula is C16H16N2O3. The summed E-state index contributed by atoms with van der Waals surface area (Å²) in [6, 6.07) is 10.9. The number of amides is 1. The normalized spacial score (nSPS) is 10.8. The molecule has 0 spiro atoms. The van der Waals surface area contributed by atoms with Crippen molar-refractivity contribution in [2.45, 2.75) is 6.92 Å². The van der Waals surface area contributed by atoms with E-state index < -0.39 is 0 Å². The molecule has 1 N–H and O–H groups in total. The first-order valence-corrected chi connectivity index (χ1v) is 6.76. The second kappa shape index (κ2) is 5.36. The van der Waals surface area contributed by atoms with Gasteiger partial charge in [0.05, 0.1) is 18.4 Å². The average molecular weight is 284 g/mol. The van der Waals surface area contributed by atoms with E-state index >= 15 is 0 Å². The number of fused-ring (bicyclic) bond motifs is 1. The molecule has 3 rings (SSSR count). The van der Waals surface area contributed by atoms with Crippen LogP contribution in [0.3, 0.4) is 0 Å². The molecule has 0 aliphatic heterocycles. The molecule has 0 radical (unpaired) electrons. The number of ether oxygens (including phenoxy) is 1. The number of nitrogens with zero attached hydrogens (tertiary/aromatic N) is 1. The summed E-state index contributed by atoms with van der Waals surface area (Å²) in [5.41, 5.74) is 2.88. The summed E-state index contributed by atoms with van der Waals surface area (Å²) >= 11 is 0. The summed E-state index contributed by atoms with van der Waals surface area (Å²) < 4.78 is 12.5. The Morgan fingerprint density at radius 1 is 1.29 bits per heavy atom. The van der Waals surface area contributed by atoms with E-state index in [4.69, 9.17) is 9.15 Å². The van der Waals surface area contributed by atoms with Crippen LogP contribution in [0.2, 0.25) is 0 Å². The Labute approximate surface area is 122 Å². The molecule has 1 aromatic carbocycles. The van der Waals surface area contributed by atoms with Gasteiger partial charge in [-0.15, -0.1) is 0 Å². The summed E-state index contributed by atoms with van der Waals surface area (Å²) in [5, 5.41) is 2.86. The Bertz CT molecular complexity index is 769. The number of nitrogens with one attached hydrogen (secondary N) is 1. The van der Waals surface area contributed by atoms with Crippen LogP contribution in [-0.4, -0.2) is 17.1 Å². The SMILES string of the molecule is CCOc1ccc(NC(=O)c2cc3occc3n2C)cc1. The molecule has 0 saturated carbocycles. The zero-order chi connectivity index (χ0) is 14.8. The Morgan fingerprint density at radius 3 is 2.71 bits per heavy atom. The summed E-state index contributed by atoms with van der Waals surface area (Å²) in [4.78, 5) is 12.3. The van der Waals surface area contributed by atoms with Crippen molar-refractivity contribution in [3.8, 4) is 5.75 Å². The molecule has 5 nitrogen and oxygen atoms in total. The molecule has 0 aliphatic carbocycles. The summed E-state index contributed by atoms with van der Waals surface area (Å²) in [5.74, 6) is 0.611. The third kappa shape index (κ3) is 2.50.